The number of methoxy groups -OCH3 is 1. The van der Waals surface area contributed by atoms with Gasteiger partial charge in [-0.3, -0.25) is 14.5 Å². The van der Waals surface area contributed by atoms with Crippen LogP contribution in [0.1, 0.15) is 37.7 Å². The number of imide groups is 1. The Morgan fingerprint density at radius 3 is 2.57 bits per heavy atom. The van der Waals surface area contributed by atoms with E-state index in [1.165, 1.54) is 37.3 Å². The highest BCUT2D eigenvalue weighted by Crippen LogP contribution is 2.34. The van der Waals surface area contributed by atoms with E-state index in [1.807, 2.05) is 0 Å². The van der Waals surface area contributed by atoms with E-state index in [4.69, 9.17) is 4.74 Å². The molecule has 0 aromatic heterocycles. The first-order valence-corrected chi connectivity index (χ1v) is 9.75. The van der Waals surface area contributed by atoms with Crippen molar-refractivity contribution in [1.29, 1.82) is 0 Å². The van der Waals surface area contributed by atoms with Crippen LogP contribution in [0.2, 0.25) is 0 Å². The van der Waals surface area contributed by atoms with Crippen molar-refractivity contribution >= 4 is 17.8 Å². The van der Waals surface area contributed by atoms with Crippen molar-refractivity contribution in [2.45, 2.75) is 50.8 Å². The molecular formula is C20H25F2N3O5. The van der Waals surface area contributed by atoms with E-state index in [2.05, 4.69) is 10.1 Å². The van der Waals surface area contributed by atoms with Gasteiger partial charge < -0.3 is 19.7 Å². The lowest BCUT2D eigenvalue weighted by molar-refractivity contribution is -0.139. The summed E-state index contributed by atoms with van der Waals surface area (Å²) in [7, 11) is 2.86. The molecule has 164 valence electrons. The second-order valence-corrected chi connectivity index (χ2v) is 7.58. The smallest absolute Gasteiger partial charge is 0.387 e. The maximum atomic E-state index is 12.8. The molecule has 1 N–H and O–H groups in total. The summed E-state index contributed by atoms with van der Waals surface area (Å²) in [5, 5.41) is 2.77. The number of ether oxygens (including phenoxy) is 2. The average molecular weight is 425 g/mol. The number of alkyl halides is 2. The molecular weight excluding hydrogens is 400 g/mol. The van der Waals surface area contributed by atoms with Crippen LogP contribution < -0.4 is 14.8 Å². The number of hydrogen-bond acceptors (Lipinski definition) is 5. The molecule has 1 heterocycles. The van der Waals surface area contributed by atoms with Crippen LogP contribution in [-0.4, -0.2) is 60.5 Å². The number of nitrogens with one attached hydrogen (secondary N) is 1. The molecule has 1 saturated carbocycles. The molecule has 1 aliphatic heterocycles. The minimum absolute atomic E-state index is 0.109. The molecule has 0 bridgehead atoms. The molecule has 2 aliphatic rings. The zero-order valence-electron chi connectivity index (χ0n) is 17.0. The van der Waals surface area contributed by atoms with E-state index in [1.54, 1.807) is 0 Å². The van der Waals surface area contributed by atoms with E-state index in [-0.39, 0.29) is 30.5 Å². The van der Waals surface area contributed by atoms with Gasteiger partial charge in [-0.1, -0.05) is 25.3 Å². The van der Waals surface area contributed by atoms with Crippen LogP contribution in [-0.2, 0) is 16.1 Å². The molecule has 1 aliphatic carbocycles. The maximum Gasteiger partial charge on any atom is 0.387 e. The van der Waals surface area contributed by atoms with Crippen LogP contribution in [0.25, 0.3) is 0 Å². The first-order chi connectivity index (χ1) is 14.3. The number of rotatable bonds is 7. The largest absolute Gasteiger partial charge is 0.493 e. The van der Waals surface area contributed by atoms with Crippen LogP contribution >= 0.6 is 0 Å². The Morgan fingerprint density at radius 2 is 1.93 bits per heavy atom. The SMILES string of the molecule is COc1cc(CN(C)C(=O)CN2C(=O)NC3(CCCCC3)C2=O)ccc1OC(F)F. The highest BCUT2D eigenvalue weighted by atomic mass is 19.3. The van der Waals surface area contributed by atoms with Gasteiger partial charge >= 0.3 is 12.6 Å². The van der Waals surface area contributed by atoms with Gasteiger partial charge in [0.05, 0.1) is 7.11 Å². The first-order valence-electron chi connectivity index (χ1n) is 9.75. The lowest BCUT2D eigenvalue weighted by atomic mass is 9.82. The lowest BCUT2D eigenvalue weighted by Crippen LogP contribution is -2.49. The molecule has 0 unspecified atom stereocenters. The molecule has 2 fully saturated rings. The fraction of sp³-hybridized carbons (Fsp3) is 0.550. The monoisotopic (exact) mass is 425 g/mol. The van der Waals surface area contributed by atoms with Crippen LogP contribution in [0.15, 0.2) is 18.2 Å². The molecule has 4 amide bonds. The quantitative estimate of drug-likeness (QED) is 0.679. The van der Waals surface area contributed by atoms with Gasteiger partial charge in [-0.15, -0.1) is 0 Å². The Balaban J connectivity index is 1.63. The molecule has 1 saturated heterocycles. The third kappa shape index (κ3) is 4.47. The number of urea groups is 1. The normalized spacial score (nSPS) is 18.0. The van der Waals surface area contributed by atoms with Crippen LogP contribution in [0, 0.1) is 0 Å². The number of benzene rings is 1. The predicted molar refractivity (Wildman–Crippen MR) is 102 cm³/mol. The summed E-state index contributed by atoms with van der Waals surface area (Å²) in [6.07, 6.45) is 3.93. The molecule has 30 heavy (non-hydrogen) atoms. The van der Waals surface area contributed by atoms with Crippen molar-refractivity contribution in [2.75, 3.05) is 20.7 Å². The summed E-state index contributed by atoms with van der Waals surface area (Å²) in [6.45, 7) is -3.20. The molecule has 1 aromatic carbocycles. The van der Waals surface area contributed by atoms with Gasteiger partial charge in [0.15, 0.2) is 11.5 Å². The number of hydrogen-bond donors (Lipinski definition) is 1. The van der Waals surface area contributed by atoms with Crippen molar-refractivity contribution in [3.63, 3.8) is 0 Å². The van der Waals surface area contributed by atoms with Gasteiger partial charge in [0, 0.05) is 13.6 Å². The van der Waals surface area contributed by atoms with E-state index >= 15 is 0 Å². The fourth-order valence-electron chi connectivity index (χ4n) is 3.94. The standard InChI is InChI=1S/C20H25F2N3O5/c1-24(11-13-6-7-14(30-18(21)22)15(10-13)29-2)16(26)12-25-17(27)20(23-19(25)28)8-4-3-5-9-20/h6-7,10,18H,3-5,8-9,11-12H2,1-2H3,(H,23,28). The Hall–Kier alpha value is -2.91. The molecule has 10 heteroatoms. The minimum atomic E-state index is -2.98. The summed E-state index contributed by atoms with van der Waals surface area (Å²) in [5.74, 6) is -0.758. The number of amides is 4. The van der Waals surface area contributed by atoms with Crippen LogP contribution in [0.5, 0.6) is 11.5 Å². The Bertz CT molecular complexity index is 827. The van der Waals surface area contributed by atoms with Gasteiger partial charge in [0.2, 0.25) is 5.91 Å². The topological polar surface area (TPSA) is 88.2 Å². The number of carbonyl (C=O) groups excluding carboxylic acids is 3. The van der Waals surface area contributed by atoms with Gasteiger partial charge in [-0.2, -0.15) is 8.78 Å². The Kier molecular flexibility index (Phi) is 6.42. The number of likely N-dealkylation sites (N-methyl/N-ethyl adjacent to an activating group) is 1. The fourth-order valence-corrected chi connectivity index (χ4v) is 3.94. The molecule has 0 atom stereocenters. The zero-order chi connectivity index (χ0) is 21.9. The second kappa shape index (κ2) is 8.85. The average Bonchev–Trinajstić information content (AvgIpc) is 2.93. The number of nitrogens with zero attached hydrogens (tertiary/aromatic N) is 2. The molecule has 8 nitrogen and oxygen atoms in total. The minimum Gasteiger partial charge on any atom is -0.493 e. The van der Waals surface area contributed by atoms with Crippen LogP contribution in [0.3, 0.4) is 0 Å². The van der Waals surface area contributed by atoms with Crippen molar-refractivity contribution in [1.82, 2.24) is 15.1 Å². The van der Waals surface area contributed by atoms with Gasteiger partial charge in [-0.05, 0) is 30.5 Å². The Labute approximate surface area is 173 Å². The zero-order valence-corrected chi connectivity index (χ0v) is 17.0. The summed E-state index contributed by atoms with van der Waals surface area (Å²) >= 11 is 0. The molecule has 1 aromatic rings. The summed E-state index contributed by atoms with van der Waals surface area (Å²) < 4.78 is 34.3. The molecule has 3 rings (SSSR count). The van der Waals surface area contributed by atoms with Crippen molar-refractivity contribution < 1.29 is 32.6 Å². The highest BCUT2D eigenvalue weighted by Gasteiger charge is 2.51. The second-order valence-electron chi connectivity index (χ2n) is 7.58. The van der Waals surface area contributed by atoms with E-state index in [9.17, 15) is 23.2 Å². The van der Waals surface area contributed by atoms with Crippen molar-refractivity contribution in [3.8, 4) is 11.5 Å². The first kappa shape index (κ1) is 21.8. The van der Waals surface area contributed by atoms with Gasteiger partial charge in [-0.25, -0.2) is 4.79 Å². The van der Waals surface area contributed by atoms with Crippen molar-refractivity contribution in [3.05, 3.63) is 23.8 Å². The molecule has 0 radical (unpaired) electrons. The maximum absolute atomic E-state index is 12.8. The lowest BCUT2D eigenvalue weighted by Gasteiger charge is -2.30. The van der Waals surface area contributed by atoms with E-state index < -0.39 is 24.1 Å². The van der Waals surface area contributed by atoms with Crippen LogP contribution in [0.4, 0.5) is 13.6 Å². The summed E-state index contributed by atoms with van der Waals surface area (Å²) in [6, 6.07) is 3.82. The summed E-state index contributed by atoms with van der Waals surface area (Å²) in [4.78, 5) is 40.1. The summed E-state index contributed by atoms with van der Waals surface area (Å²) in [5.41, 5.74) is -0.257. The van der Waals surface area contributed by atoms with E-state index in [0.717, 1.165) is 24.2 Å². The number of carbonyl (C=O) groups is 3. The third-order valence-corrected chi connectivity index (χ3v) is 5.54. The van der Waals surface area contributed by atoms with Crippen molar-refractivity contribution in [2.24, 2.45) is 0 Å². The van der Waals surface area contributed by atoms with E-state index in [0.29, 0.717) is 18.4 Å². The highest BCUT2D eigenvalue weighted by molar-refractivity contribution is 6.09. The number of halogens is 2. The molecule has 1 spiro atoms. The van der Waals surface area contributed by atoms with Gasteiger partial charge in [0.1, 0.15) is 12.1 Å². The van der Waals surface area contributed by atoms with Gasteiger partial charge in [0.25, 0.3) is 5.91 Å². The Morgan fingerprint density at radius 1 is 1.23 bits per heavy atom. The third-order valence-electron chi connectivity index (χ3n) is 5.54. The predicted octanol–water partition coefficient (Wildman–Crippen LogP) is 2.51.